The Bertz CT molecular complexity index is 934. The number of carbonyl (C=O) groups excluding carboxylic acids is 1. The number of aryl methyl sites for hydroxylation is 2. The van der Waals surface area contributed by atoms with E-state index in [0.717, 1.165) is 27.7 Å². The highest BCUT2D eigenvalue weighted by molar-refractivity contribution is 7.15. The van der Waals surface area contributed by atoms with Crippen LogP contribution in [0.5, 0.6) is 0 Å². The number of carbonyl (C=O) groups is 1. The van der Waals surface area contributed by atoms with E-state index in [0.29, 0.717) is 15.7 Å². The van der Waals surface area contributed by atoms with Crippen molar-refractivity contribution in [2.45, 2.75) is 33.7 Å². The highest BCUT2D eigenvalue weighted by atomic mass is 32.1. The standard InChI is InChI=1S/C17H19N5OS/c1-8-5-6-13-12(7-8)14(9(2)10(3)19-13)15(23)20-11(4)16-21-22-17(18)24-16/h5-7,11H,1-4H3,(H2,18,22)(H,20,23)/t11-/m1/s1. The minimum atomic E-state index is -0.264. The number of pyridine rings is 1. The number of fused-ring (bicyclic) bond motifs is 1. The van der Waals surface area contributed by atoms with Crippen molar-refractivity contribution in [2.24, 2.45) is 0 Å². The number of aromatic nitrogens is 3. The van der Waals surface area contributed by atoms with Gasteiger partial charge in [-0.1, -0.05) is 23.0 Å². The molecular weight excluding hydrogens is 322 g/mol. The Hall–Kier alpha value is -2.54. The Balaban J connectivity index is 2.02. The normalized spacial score (nSPS) is 12.3. The molecule has 3 aromatic rings. The van der Waals surface area contributed by atoms with E-state index in [1.54, 1.807) is 0 Å². The van der Waals surface area contributed by atoms with Crippen molar-refractivity contribution in [3.8, 4) is 0 Å². The first-order valence-electron chi connectivity index (χ1n) is 7.64. The number of benzene rings is 1. The van der Waals surface area contributed by atoms with Gasteiger partial charge in [-0.3, -0.25) is 9.78 Å². The molecule has 0 aliphatic carbocycles. The van der Waals surface area contributed by atoms with Gasteiger partial charge in [-0.25, -0.2) is 0 Å². The lowest BCUT2D eigenvalue weighted by Crippen LogP contribution is -2.28. The Morgan fingerprint density at radius 1 is 1.25 bits per heavy atom. The zero-order valence-corrected chi connectivity index (χ0v) is 14.9. The molecule has 124 valence electrons. The fourth-order valence-electron chi connectivity index (χ4n) is 2.64. The highest BCUT2D eigenvalue weighted by Gasteiger charge is 2.20. The first-order valence-corrected chi connectivity index (χ1v) is 8.45. The summed E-state index contributed by atoms with van der Waals surface area (Å²) in [6.45, 7) is 7.71. The summed E-state index contributed by atoms with van der Waals surface area (Å²) in [6, 6.07) is 5.68. The van der Waals surface area contributed by atoms with E-state index < -0.39 is 0 Å². The predicted molar refractivity (Wildman–Crippen MR) is 96.2 cm³/mol. The summed E-state index contributed by atoms with van der Waals surface area (Å²) in [6.07, 6.45) is 0. The summed E-state index contributed by atoms with van der Waals surface area (Å²) in [5, 5.41) is 12.7. The molecule has 3 N–H and O–H groups in total. The maximum absolute atomic E-state index is 12.9. The van der Waals surface area contributed by atoms with Crippen molar-refractivity contribution in [3.05, 3.63) is 45.6 Å². The summed E-state index contributed by atoms with van der Waals surface area (Å²) in [7, 11) is 0. The molecule has 0 fully saturated rings. The molecule has 2 heterocycles. The van der Waals surface area contributed by atoms with Crippen molar-refractivity contribution < 1.29 is 4.79 Å². The second kappa shape index (κ2) is 6.16. The van der Waals surface area contributed by atoms with Gasteiger partial charge in [0.15, 0.2) is 0 Å². The molecule has 1 amide bonds. The Labute approximate surface area is 144 Å². The third-order valence-corrected chi connectivity index (χ3v) is 4.96. The van der Waals surface area contributed by atoms with Crippen LogP contribution in [-0.4, -0.2) is 21.1 Å². The topological polar surface area (TPSA) is 93.8 Å². The van der Waals surface area contributed by atoms with Gasteiger partial charge in [-0.05, 0) is 45.4 Å². The Morgan fingerprint density at radius 2 is 2.00 bits per heavy atom. The first kappa shape index (κ1) is 16.3. The molecule has 0 aliphatic heterocycles. The zero-order chi connectivity index (χ0) is 17.4. The summed E-state index contributed by atoms with van der Waals surface area (Å²) in [5.41, 5.74) is 9.92. The molecular formula is C17H19N5OS. The number of nitrogens with one attached hydrogen (secondary N) is 1. The molecule has 0 unspecified atom stereocenters. The fourth-order valence-corrected chi connectivity index (χ4v) is 3.25. The fraction of sp³-hybridized carbons (Fsp3) is 0.294. The van der Waals surface area contributed by atoms with E-state index >= 15 is 0 Å². The number of hydrogen-bond acceptors (Lipinski definition) is 6. The molecule has 0 saturated carbocycles. The lowest BCUT2D eigenvalue weighted by atomic mass is 9.99. The summed E-state index contributed by atoms with van der Waals surface area (Å²) < 4.78 is 0. The van der Waals surface area contributed by atoms with Crippen LogP contribution in [0.4, 0.5) is 5.13 Å². The molecule has 0 radical (unpaired) electrons. The van der Waals surface area contributed by atoms with Crippen LogP contribution < -0.4 is 11.1 Å². The number of anilines is 1. The molecule has 0 spiro atoms. The molecule has 7 heteroatoms. The van der Waals surface area contributed by atoms with Crippen LogP contribution in [-0.2, 0) is 0 Å². The molecule has 0 bridgehead atoms. The summed E-state index contributed by atoms with van der Waals surface area (Å²) in [4.78, 5) is 17.5. The van der Waals surface area contributed by atoms with Crippen molar-refractivity contribution in [3.63, 3.8) is 0 Å². The van der Waals surface area contributed by atoms with E-state index in [-0.39, 0.29) is 11.9 Å². The molecule has 1 aromatic carbocycles. The van der Waals surface area contributed by atoms with E-state index in [2.05, 4.69) is 20.5 Å². The second-order valence-corrected chi connectivity index (χ2v) is 6.93. The molecule has 0 aliphatic rings. The van der Waals surface area contributed by atoms with Gasteiger partial charge in [0.2, 0.25) is 5.13 Å². The molecule has 0 saturated heterocycles. The predicted octanol–water partition coefficient (Wildman–Crippen LogP) is 3.08. The number of amides is 1. The Kier molecular flexibility index (Phi) is 4.19. The van der Waals surface area contributed by atoms with Crippen LogP contribution in [0.15, 0.2) is 18.2 Å². The summed E-state index contributed by atoms with van der Waals surface area (Å²) in [5.74, 6) is -0.144. The Morgan fingerprint density at radius 3 is 2.67 bits per heavy atom. The van der Waals surface area contributed by atoms with Crippen LogP contribution in [0.1, 0.15) is 45.2 Å². The average Bonchev–Trinajstić information content (AvgIpc) is 2.95. The van der Waals surface area contributed by atoms with Crippen LogP contribution in [0.3, 0.4) is 0 Å². The van der Waals surface area contributed by atoms with Gasteiger partial charge in [0.1, 0.15) is 5.01 Å². The molecule has 6 nitrogen and oxygen atoms in total. The van der Waals surface area contributed by atoms with Gasteiger partial charge in [-0.2, -0.15) is 0 Å². The van der Waals surface area contributed by atoms with Crippen molar-refractivity contribution in [1.29, 1.82) is 0 Å². The maximum atomic E-state index is 12.9. The van der Waals surface area contributed by atoms with E-state index in [4.69, 9.17) is 5.73 Å². The van der Waals surface area contributed by atoms with E-state index in [1.165, 1.54) is 11.3 Å². The lowest BCUT2D eigenvalue weighted by molar-refractivity contribution is 0.0940. The van der Waals surface area contributed by atoms with Crippen molar-refractivity contribution in [1.82, 2.24) is 20.5 Å². The molecule has 2 aromatic heterocycles. The van der Waals surface area contributed by atoms with Crippen LogP contribution >= 0.6 is 11.3 Å². The van der Waals surface area contributed by atoms with Crippen molar-refractivity contribution in [2.75, 3.05) is 5.73 Å². The zero-order valence-electron chi connectivity index (χ0n) is 14.0. The third-order valence-electron chi connectivity index (χ3n) is 4.03. The van der Waals surface area contributed by atoms with E-state index in [1.807, 2.05) is 45.9 Å². The monoisotopic (exact) mass is 341 g/mol. The third kappa shape index (κ3) is 2.94. The quantitative estimate of drug-likeness (QED) is 0.763. The van der Waals surface area contributed by atoms with Gasteiger partial charge in [0.05, 0.1) is 17.1 Å². The van der Waals surface area contributed by atoms with Crippen molar-refractivity contribution >= 4 is 33.3 Å². The van der Waals surface area contributed by atoms with Gasteiger partial charge in [-0.15, -0.1) is 10.2 Å². The van der Waals surface area contributed by atoms with Crippen LogP contribution in [0, 0.1) is 20.8 Å². The minimum Gasteiger partial charge on any atom is -0.374 e. The van der Waals surface area contributed by atoms with Crippen LogP contribution in [0.2, 0.25) is 0 Å². The summed E-state index contributed by atoms with van der Waals surface area (Å²) >= 11 is 1.27. The number of nitrogens with two attached hydrogens (primary N) is 1. The molecule has 1 atom stereocenters. The number of nitrogens with zero attached hydrogens (tertiary/aromatic N) is 3. The van der Waals surface area contributed by atoms with Crippen LogP contribution in [0.25, 0.3) is 10.9 Å². The average molecular weight is 341 g/mol. The van der Waals surface area contributed by atoms with Gasteiger partial charge in [0.25, 0.3) is 5.91 Å². The van der Waals surface area contributed by atoms with E-state index in [9.17, 15) is 4.79 Å². The number of hydrogen-bond donors (Lipinski definition) is 2. The molecule has 3 rings (SSSR count). The molecule has 24 heavy (non-hydrogen) atoms. The van der Waals surface area contributed by atoms with Gasteiger partial charge in [0, 0.05) is 11.1 Å². The smallest absolute Gasteiger partial charge is 0.252 e. The van der Waals surface area contributed by atoms with Gasteiger partial charge < -0.3 is 11.1 Å². The maximum Gasteiger partial charge on any atom is 0.252 e. The lowest BCUT2D eigenvalue weighted by Gasteiger charge is -2.15. The largest absolute Gasteiger partial charge is 0.374 e. The minimum absolute atomic E-state index is 0.144. The highest BCUT2D eigenvalue weighted by Crippen LogP contribution is 2.25. The first-order chi connectivity index (χ1) is 11.4. The second-order valence-electron chi connectivity index (χ2n) is 5.89. The number of nitrogen functional groups attached to an aromatic ring is 1. The van der Waals surface area contributed by atoms with Gasteiger partial charge >= 0.3 is 0 Å². The number of rotatable bonds is 3. The SMILES string of the molecule is Cc1ccc2nc(C)c(C)c(C(=O)N[C@H](C)c3nnc(N)s3)c2c1.